The summed E-state index contributed by atoms with van der Waals surface area (Å²) in [4.78, 5) is 27.1. The van der Waals surface area contributed by atoms with Crippen LogP contribution in [-0.2, 0) is 16.0 Å². The van der Waals surface area contributed by atoms with Crippen LogP contribution in [0.4, 0.5) is 5.69 Å². The van der Waals surface area contributed by atoms with Crippen molar-refractivity contribution in [3.8, 4) is 6.07 Å². The van der Waals surface area contributed by atoms with Gasteiger partial charge in [-0.05, 0) is 49.1 Å². The second-order valence-electron chi connectivity index (χ2n) is 6.73. The predicted octanol–water partition coefficient (Wildman–Crippen LogP) is 4.13. The third-order valence-corrected chi connectivity index (χ3v) is 6.42. The van der Waals surface area contributed by atoms with E-state index in [1.165, 1.54) is 23.7 Å². The predicted molar refractivity (Wildman–Crippen MR) is 117 cm³/mol. The van der Waals surface area contributed by atoms with Crippen molar-refractivity contribution in [2.75, 3.05) is 11.9 Å². The molecule has 0 aromatic heterocycles. The smallest absolute Gasteiger partial charge is 0.264 e. The number of carbonyl (C=O) groups is 2. The third-order valence-electron chi connectivity index (χ3n) is 4.75. The second kappa shape index (κ2) is 8.73. The molecule has 148 valence electrons. The van der Waals surface area contributed by atoms with Gasteiger partial charge in [0.2, 0.25) is 5.91 Å². The number of hydrogen-bond donors (Lipinski definition) is 1. The fourth-order valence-electron chi connectivity index (χ4n) is 3.12. The van der Waals surface area contributed by atoms with Crippen LogP contribution in [0.25, 0.3) is 0 Å². The molecule has 5 nitrogen and oxygen atoms in total. The molecular formula is C22H20ClN3O2S. The molecule has 2 amide bonds. The monoisotopic (exact) mass is 425 g/mol. The number of amides is 2. The molecule has 2 aromatic carbocycles. The molecular weight excluding hydrogens is 406 g/mol. The highest BCUT2D eigenvalue weighted by Gasteiger charge is 2.41. The van der Waals surface area contributed by atoms with Gasteiger partial charge in [-0.25, -0.2) is 0 Å². The quantitative estimate of drug-likeness (QED) is 0.590. The maximum absolute atomic E-state index is 13.4. The standard InChI is InChI=1S/C22H20ClN3O2S/c1-13-8-9-15(10-17(13)23)11-19-21(28)26(18-7-5-4-6-14(18)2)22(29-19)16(12-24)20(27)25-3/h4-10,19H,11H2,1-3H3,(H,25,27)/b22-16+/t19-/m1/s1. The zero-order valence-corrected chi connectivity index (χ0v) is 17.9. The topological polar surface area (TPSA) is 73.2 Å². The number of aryl methyl sites for hydroxylation is 2. The van der Waals surface area contributed by atoms with Crippen molar-refractivity contribution in [1.82, 2.24) is 5.32 Å². The Labute approximate surface area is 179 Å². The van der Waals surface area contributed by atoms with E-state index >= 15 is 0 Å². The summed E-state index contributed by atoms with van der Waals surface area (Å²) in [5, 5.41) is 12.6. The van der Waals surface area contributed by atoms with Crippen molar-refractivity contribution in [3.05, 3.63) is 74.8 Å². The van der Waals surface area contributed by atoms with Gasteiger partial charge in [0.15, 0.2) is 0 Å². The van der Waals surface area contributed by atoms with Crippen LogP contribution in [0.1, 0.15) is 16.7 Å². The maximum atomic E-state index is 13.4. The summed E-state index contributed by atoms with van der Waals surface area (Å²) in [6.45, 7) is 3.81. The molecule has 1 atom stereocenters. The van der Waals surface area contributed by atoms with Crippen LogP contribution in [-0.4, -0.2) is 24.1 Å². The first-order valence-electron chi connectivity index (χ1n) is 9.05. The van der Waals surface area contributed by atoms with Crippen molar-refractivity contribution in [1.29, 1.82) is 5.26 Å². The van der Waals surface area contributed by atoms with Crippen LogP contribution in [0.15, 0.2) is 53.1 Å². The summed E-state index contributed by atoms with van der Waals surface area (Å²) in [6.07, 6.45) is 0.446. The molecule has 0 spiro atoms. The largest absolute Gasteiger partial charge is 0.354 e. The molecule has 0 aliphatic carbocycles. The molecule has 1 aliphatic rings. The molecule has 1 N–H and O–H groups in total. The normalized spacial score (nSPS) is 17.8. The molecule has 1 saturated heterocycles. The minimum atomic E-state index is -0.514. The number of halogens is 1. The summed E-state index contributed by atoms with van der Waals surface area (Å²) < 4.78 is 0. The number of anilines is 1. The number of para-hydroxylation sites is 1. The Bertz CT molecular complexity index is 1060. The van der Waals surface area contributed by atoms with Crippen molar-refractivity contribution in [2.45, 2.75) is 25.5 Å². The molecule has 0 bridgehead atoms. The van der Waals surface area contributed by atoms with Crippen molar-refractivity contribution in [3.63, 3.8) is 0 Å². The fourth-order valence-corrected chi connectivity index (χ4v) is 4.63. The van der Waals surface area contributed by atoms with Crippen LogP contribution in [0.5, 0.6) is 0 Å². The van der Waals surface area contributed by atoms with Crippen molar-refractivity contribution < 1.29 is 9.59 Å². The Hall–Kier alpha value is -2.75. The van der Waals surface area contributed by atoms with E-state index < -0.39 is 11.2 Å². The highest BCUT2D eigenvalue weighted by Crippen LogP contribution is 2.43. The van der Waals surface area contributed by atoms with Gasteiger partial charge in [0.1, 0.15) is 16.7 Å². The number of carbonyl (C=O) groups excluding carboxylic acids is 2. The number of nitriles is 1. The average Bonchev–Trinajstić information content (AvgIpc) is 3.01. The molecule has 1 heterocycles. The Kier molecular flexibility index (Phi) is 6.31. The zero-order chi connectivity index (χ0) is 21.1. The Morgan fingerprint density at radius 3 is 2.59 bits per heavy atom. The number of nitrogens with zero attached hydrogens (tertiary/aromatic N) is 2. The molecule has 0 saturated carbocycles. The number of rotatable bonds is 4. The van der Waals surface area contributed by atoms with Gasteiger partial charge in [-0.15, -0.1) is 0 Å². The highest BCUT2D eigenvalue weighted by molar-refractivity contribution is 8.05. The lowest BCUT2D eigenvalue weighted by atomic mass is 10.1. The zero-order valence-electron chi connectivity index (χ0n) is 16.3. The molecule has 2 aromatic rings. The number of thioether (sulfide) groups is 1. The molecule has 1 aliphatic heterocycles. The van der Waals surface area contributed by atoms with E-state index in [1.54, 1.807) is 0 Å². The maximum Gasteiger partial charge on any atom is 0.264 e. The van der Waals surface area contributed by atoms with Gasteiger partial charge in [-0.2, -0.15) is 5.26 Å². The summed E-state index contributed by atoms with van der Waals surface area (Å²) in [5.74, 6) is -0.673. The molecule has 0 radical (unpaired) electrons. The Morgan fingerprint density at radius 2 is 1.97 bits per heavy atom. The van der Waals surface area contributed by atoms with E-state index in [-0.39, 0.29) is 11.5 Å². The van der Waals surface area contributed by atoms with E-state index in [4.69, 9.17) is 11.6 Å². The first-order valence-corrected chi connectivity index (χ1v) is 10.3. The highest BCUT2D eigenvalue weighted by atomic mass is 35.5. The van der Waals surface area contributed by atoms with Crippen LogP contribution in [0.2, 0.25) is 5.02 Å². The molecule has 1 fully saturated rings. The van der Waals surface area contributed by atoms with Crippen LogP contribution < -0.4 is 10.2 Å². The lowest BCUT2D eigenvalue weighted by molar-refractivity contribution is -0.117. The number of hydrogen-bond acceptors (Lipinski definition) is 4. The average molecular weight is 426 g/mol. The second-order valence-corrected chi connectivity index (χ2v) is 8.32. The van der Waals surface area contributed by atoms with E-state index in [0.29, 0.717) is 22.2 Å². The molecule has 29 heavy (non-hydrogen) atoms. The van der Waals surface area contributed by atoms with Gasteiger partial charge in [0, 0.05) is 12.1 Å². The minimum absolute atomic E-state index is 0.0708. The first kappa shape index (κ1) is 21.0. The summed E-state index contributed by atoms with van der Waals surface area (Å²) in [7, 11) is 1.46. The van der Waals surface area contributed by atoms with Gasteiger partial charge in [-0.1, -0.05) is 53.7 Å². The lowest BCUT2D eigenvalue weighted by Gasteiger charge is -2.20. The Morgan fingerprint density at radius 1 is 1.24 bits per heavy atom. The summed E-state index contributed by atoms with van der Waals surface area (Å²) >= 11 is 7.48. The van der Waals surface area contributed by atoms with Gasteiger partial charge in [0.05, 0.1) is 10.9 Å². The molecule has 0 unspecified atom stereocenters. The van der Waals surface area contributed by atoms with Gasteiger partial charge in [0.25, 0.3) is 5.91 Å². The molecule has 7 heteroatoms. The van der Waals surface area contributed by atoms with Gasteiger partial charge >= 0.3 is 0 Å². The van der Waals surface area contributed by atoms with Gasteiger partial charge < -0.3 is 5.32 Å². The first-order chi connectivity index (χ1) is 13.9. The van der Waals surface area contributed by atoms with Crippen LogP contribution in [0.3, 0.4) is 0 Å². The van der Waals surface area contributed by atoms with Crippen molar-refractivity contribution in [2.24, 2.45) is 0 Å². The molecule has 3 rings (SSSR count). The SMILES string of the molecule is CNC(=O)/C(C#N)=C1/S[C@H](Cc2ccc(C)c(Cl)c2)C(=O)N1c1ccccc1C. The van der Waals surface area contributed by atoms with Crippen LogP contribution in [0, 0.1) is 25.2 Å². The summed E-state index contributed by atoms with van der Waals surface area (Å²) in [6, 6.07) is 15.1. The van der Waals surface area contributed by atoms with E-state index in [2.05, 4.69) is 5.32 Å². The van der Waals surface area contributed by atoms with E-state index in [9.17, 15) is 14.9 Å². The number of nitrogens with one attached hydrogen (secondary N) is 1. The van der Waals surface area contributed by atoms with E-state index in [0.717, 1.165) is 16.7 Å². The minimum Gasteiger partial charge on any atom is -0.354 e. The van der Waals surface area contributed by atoms with Gasteiger partial charge in [-0.3, -0.25) is 14.5 Å². The van der Waals surface area contributed by atoms with Crippen molar-refractivity contribution >= 4 is 40.9 Å². The van der Waals surface area contributed by atoms with E-state index in [1.807, 2.05) is 62.4 Å². The van der Waals surface area contributed by atoms with Crippen LogP contribution >= 0.6 is 23.4 Å². The summed E-state index contributed by atoms with van der Waals surface area (Å²) in [5.41, 5.74) is 3.37. The number of benzene rings is 2. The third kappa shape index (κ3) is 4.16. The Balaban J connectivity index is 2.07. The fraction of sp³-hybridized carbons (Fsp3) is 0.227. The number of likely N-dealkylation sites (N-methyl/N-ethyl adjacent to an activating group) is 1. The lowest BCUT2D eigenvalue weighted by Crippen LogP contribution is -2.31.